The maximum atomic E-state index is 9.39. The number of rotatable bonds is 8. The van der Waals surface area contributed by atoms with Crippen LogP contribution in [0.1, 0.15) is 17.5 Å². The van der Waals surface area contributed by atoms with Crippen molar-refractivity contribution in [3.63, 3.8) is 0 Å². The first kappa shape index (κ1) is 18.8. The summed E-state index contributed by atoms with van der Waals surface area (Å²) in [4.78, 5) is 0. The fourth-order valence-electron chi connectivity index (χ4n) is 2.80. The average Bonchev–Trinajstić information content (AvgIpc) is 2.57. The molecule has 2 N–H and O–H groups in total. The molecule has 2 aromatic rings. The molecule has 0 saturated carbocycles. The number of alkyl halides is 2. The fourth-order valence-corrected chi connectivity index (χ4v) is 4.15. The van der Waals surface area contributed by atoms with Gasteiger partial charge in [0.1, 0.15) is 11.5 Å². The van der Waals surface area contributed by atoms with Crippen molar-refractivity contribution in [2.45, 2.75) is 19.3 Å². The van der Waals surface area contributed by atoms with Crippen LogP contribution < -0.4 is 0 Å². The zero-order valence-electron chi connectivity index (χ0n) is 13.0. The van der Waals surface area contributed by atoms with Crippen LogP contribution in [0.3, 0.4) is 0 Å². The molecule has 0 spiro atoms. The van der Waals surface area contributed by atoms with E-state index < -0.39 is 0 Å². The Balaban J connectivity index is 1.94. The molecule has 0 heterocycles. The molecule has 0 unspecified atom stereocenters. The van der Waals surface area contributed by atoms with Crippen molar-refractivity contribution in [3.8, 4) is 11.5 Å². The normalized spacial score (nSPS) is 13.7. The molecule has 23 heavy (non-hydrogen) atoms. The third kappa shape index (κ3) is 6.49. The van der Waals surface area contributed by atoms with Crippen molar-refractivity contribution < 1.29 is 10.2 Å². The van der Waals surface area contributed by atoms with E-state index in [1.807, 2.05) is 24.3 Å². The van der Waals surface area contributed by atoms with Crippen molar-refractivity contribution >= 4 is 45.2 Å². The van der Waals surface area contributed by atoms with Gasteiger partial charge >= 0.3 is 0 Å². The van der Waals surface area contributed by atoms with E-state index in [4.69, 9.17) is 0 Å². The van der Waals surface area contributed by atoms with E-state index in [9.17, 15) is 10.2 Å². The molecule has 0 aliphatic carbocycles. The standard InChI is InChI=1S/C19H22I2O2/c20-12-16(9-14-1-5-18(22)6-2-14)11-17(13-21)10-15-3-7-19(23)8-4-15/h1-8,16-17,22-23H,9-13H2/t16-,17-/m0/s1. The molecular formula is C19H22I2O2. The summed E-state index contributed by atoms with van der Waals surface area (Å²) in [6.45, 7) is 0. The smallest absolute Gasteiger partial charge is 0.115 e. The van der Waals surface area contributed by atoms with E-state index in [-0.39, 0.29) is 0 Å². The molecule has 0 aliphatic heterocycles. The number of benzene rings is 2. The highest BCUT2D eigenvalue weighted by Gasteiger charge is 2.16. The van der Waals surface area contributed by atoms with Crippen LogP contribution in [-0.4, -0.2) is 19.1 Å². The van der Waals surface area contributed by atoms with Crippen molar-refractivity contribution in [2.75, 3.05) is 8.86 Å². The van der Waals surface area contributed by atoms with Crippen molar-refractivity contribution in [2.24, 2.45) is 11.8 Å². The largest absolute Gasteiger partial charge is 0.508 e. The first-order valence-corrected chi connectivity index (χ1v) is 10.8. The van der Waals surface area contributed by atoms with Crippen molar-refractivity contribution in [1.29, 1.82) is 0 Å². The monoisotopic (exact) mass is 536 g/mol. The summed E-state index contributed by atoms with van der Waals surface area (Å²) in [5.41, 5.74) is 2.59. The summed E-state index contributed by atoms with van der Waals surface area (Å²) in [6.07, 6.45) is 3.32. The molecule has 2 atom stereocenters. The van der Waals surface area contributed by atoms with Gasteiger partial charge in [-0.05, 0) is 66.5 Å². The molecule has 0 fully saturated rings. The number of aromatic hydroxyl groups is 2. The molecular weight excluding hydrogens is 514 g/mol. The maximum Gasteiger partial charge on any atom is 0.115 e. The van der Waals surface area contributed by atoms with Crippen LogP contribution in [0.5, 0.6) is 11.5 Å². The number of hydrogen-bond donors (Lipinski definition) is 2. The highest BCUT2D eigenvalue weighted by atomic mass is 127. The number of hydrogen-bond acceptors (Lipinski definition) is 2. The van der Waals surface area contributed by atoms with Crippen LogP contribution >= 0.6 is 45.2 Å². The molecule has 0 saturated heterocycles. The van der Waals surface area contributed by atoms with Gasteiger partial charge < -0.3 is 10.2 Å². The van der Waals surface area contributed by atoms with Crippen LogP contribution in [0, 0.1) is 11.8 Å². The summed E-state index contributed by atoms with van der Waals surface area (Å²) in [7, 11) is 0. The first-order chi connectivity index (χ1) is 11.1. The zero-order valence-corrected chi connectivity index (χ0v) is 17.3. The molecule has 2 aromatic carbocycles. The van der Waals surface area contributed by atoms with Crippen LogP contribution in [0.2, 0.25) is 0 Å². The quantitative estimate of drug-likeness (QED) is 0.352. The van der Waals surface area contributed by atoms with Crippen molar-refractivity contribution in [3.05, 3.63) is 59.7 Å². The van der Waals surface area contributed by atoms with Gasteiger partial charge in [-0.15, -0.1) is 0 Å². The Morgan fingerprint density at radius 1 is 0.652 bits per heavy atom. The SMILES string of the molecule is Oc1ccc(C[C@H](CI)C[C@@H](CI)Cc2ccc(O)cc2)cc1. The predicted octanol–water partition coefficient (Wildman–Crippen LogP) is 5.38. The lowest BCUT2D eigenvalue weighted by Gasteiger charge is -2.21. The average molecular weight is 536 g/mol. The lowest BCUT2D eigenvalue weighted by molar-refractivity contribution is 0.428. The topological polar surface area (TPSA) is 40.5 Å². The highest BCUT2D eigenvalue weighted by Crippen LogP contribution is 2.25. The summed E-state index contributed by atoms with van der Waals surface area (Å²) >= 11 is 4.97. The van der Waals surface area contributed by atoms with Crippen LogP contribution in [-0.2, 0) is 12.8 Å². The van der Waals surface area contributed by atoms with Crippen LogP contribution in [0.15, 0.2) is 48.5 Å². The zero-order chi connectivity index (χ0) is 16.7. The molecule has 0 bridgehead atoms. The second kappa shape index (κ2) is 9.71. The molecule has 2 nitrogen and oxygen atoms in total. The van der Waals surface area contributed by atoms with Gasteiger partial charge in [-0.2, -0.15) is 0 Å². The van der Waals surface area contributed by atoms with Gasteiger partial charge in [0.15, 0.2) is 0 Å². The van der Waals surface area contributed by atoms with Gasteiger partial charge in [0.25, 0.3) is 0 Å². The minimum Gasteiger partial charge on any atom is -0.508 e. The second-order valence-corrected chi connectivity index (χ2v) is 7.78. The first-order valence-electron chi connectivity index (χ1n) is 7.78. The molecule has 0 amide bonds. The minimum absolute atomic E-state index is 0.331. The van der Waals surface area contributed by atoms with Gasteiger partial charge in [-0.3, -0.25) is 0 Å². The Kier molecular flexibility index (Phi) is 7.95. The van der Waals surface area contributed by atoms with E-state index in [0.29, 0.717) is 23.3 Å². The summed E-state index contributed by atoms with van der Waals surface area (Å²) in [6, 6.07) is 15.2. The van der Waals surface area contributed by atoms with Gasteiger partial charge in [-0.1, -0.05) is 69.4 Å². The lowest BCUT2D eigenvalue weighted by atomic mass is 9.88. The Bertz CT molecular complexity index is 528. The maximum absolute atomic E-state index is 9.39. The number of phenols is 2. The molecule has 4 heteroatoms. The summed E-state index contributed by atoms with van der Waals surface area (Å²) in [5.74, 6) is 1.96. The molecule has 0 aromatic heterocycles. The molecule has 0 aliphatic rings. The Morgan fingerprint density at radius 3 is 1.30 bits per heavy atom. The molecule has 2 rings (SSSR count). The fraction of sp³-hybridized carbons (Fsp3) is 0.368. The summed E-state index contributed by atoms with van der Waals surface area (Å²) < 4.78 is 2.28. The van der Waals surface area contributed by atoms with Crippen LogP contribution in [0.25, 0.3) is 0 Å². The predicted molar refractivity (Wildman–Crippen MR) is 113 cm³/mol. The van der Waals surface area contributed by atoms with E-state index in [1.165, 1.54) is 17.5 Å². The van der Waals surface area contributed by atoms with Crippen molar-refractivity contribution in [1.82, 2.24) is 0 Å². The number of phenolic OH excluding ortho intramolecular Hbond substituents is 2. The minimum atomic E-state index is 0.331. The van der Waals surface area contributed by atoms with Gasteiger partial charge in [0.2, 0.25) is 0 Å². The Hall–Kier alpha value is -0.500. The highest BCUT2D eigenvalue weighted by molar-refractivity contribution is 14.1. The third-order valence-corrected chi connectivity index (χ3v) is 6.52. The van der Waals surface area contributed by atoms with E-state index >= 15 is 0 Å². The van der Waals surface area contributed by atoms with E-state index in [0.717, 1.165) is 21.7 Å². The number of halogens is 2. The molecule has 0 radical (unpaired) electrons. The van der Waals surface area contributed by atoms with Gasteiger partial charge in [-0.25, -0.2) is 0 Å². The van der Waals surface area contributed by atoms with E-state index in [1.54, 1.807) is 24.3 Å². The molecule has 124 valence electrons. The third-order valence-electron chi connectivity index (χ3n) is 4.02. The van der Waals surface area contributed by atoms with Gasteiger partial charge in [0.05, 0.1) is 0 Å². The van der Waals surface area contributed by atoms with Gasteiger partial charge in [0, 0.05) is 8.86 Å². The lowest BCUT2D eigenvalue weighted by Crippen LogP contribution is -2.16. The summed E-state index contributed by atoms with van der Waals surface area (Å²) in [5, 5.41) is 18.8. The van der Waals surface area contributed by atoms with Crippen LogP contribution in [0.4, 0.5) is 0 Å². The second-order valence-electron chi connectivity index (χ2n) is 6.02. The Morgan fingerprint density at radius 2 is 1.00 bits per heavy atom. The van der Waals surface area contributed by atoms with E-state index in [2.05, 4.69) is 45.2 Å². The Labute approximate surface area is 165 Å².